The first-order valence-electron chi connectivity index (χ1n) is 0.707. The Morgan fingerprint density at radius 2 is 1.25 bits per heavy atom. The van der Waals surface area contributed by atoms with Crippen LogP contribution in [0.1, 0.15) is 0 Å². The number of hydrogen-bond acceptors (Lipinski definition) is 0. The van der Waals surface area contributed by atoms with Gasteiger partial charge >= 0.3 is 0 Å². The van der Waals surface area contributed by atoms with E-state index in [-0.39, 0.29) is 21.7 Å². The minimum Gasteiger partial charge on any atom is -0.137 e. The second-order valence-electron chi connectivity index (χ2n) is 0.250. The molecule has 0 nitrogen and oxygen atoms in total. The Morgan fingerprint density at radius 1 is 1.25 bits per heavy atom. The molecular weight excluding hydrogens is 83.9 g/mol. The minimum atomic E-state index is 0. The third kappa shape index (κ3) is 62.0. The van der Waals surface area contributed by atoms with E-state index < -0.39 is 0 Å². The summed E-state index contributed by atoms with van der Waals surface area (Å²) in [5, 5.41) is 0. The molecule has 0 amide bonds. The largest absolute Gasteiger partial charge is 0.137 e. The molecule has 0 aliphatic heterocycles. The van der Waals surface area contributed by atoms with Crippen molar-refractivity contribution in [3.63, 3.8) is 0 Å². The number of hydrogen-bond donors (Lipinski definition) is 0. The van der Waals surface area contributed by atoms with Gasteiger partial charge in [0.25, 0.3) is 0 Å². The molecule has 0 fully saturated rings. The maximum Gasteiger partial charge on any atom is 0 e. The Bertz CT molecular complexity index is 24.3. The van der Waals surface area contributed by atoms with Gasteiger partial charge in [0.05, 0.1) is 0 Å². The molecule has 0 aromatic rings. The molecule has 0 radical (unpaired) electrons. The summed E-state index contributed by atoms with van der Waals surface area (Å²) in [6.45, 7) is 6.25. The molecule has 0 aliphatic rings. The zero-order valence-electron chi connectivity index (χ0n) is 2.41. The molecule has 4 heavy (non-hydrogen) atoms. The van der Waals surface area contributed by atoms with E-state index in [9.17, 15) is 0 Å². The summed E-state index contributed by atoms with van der Waals surface area (Å²) >= 11 is 0. The smallest absolute Gasteiger partial charge is 0 e. The fourth-order valence-electron chi connectivity index (χ4n) is 0. The van der Waals surface area contributed by atoms with Crippen molar-refractivity contribution in [2.75, 3.05) is 0 Å². The molecule has 0 saturated heterocycles. The summed E-state index contributed by atoms with van der Waals surface area (Å²) in [5.41, 5.74) is 2.25. The van der Waals surface area contributed by atoms with E-state index >= 15 is 0 Å². The van der Waals surface area contributed by atoms with Crippen LogP contribution in [0.15, 0.2) is 18.9 Å². The molecule has 0 aliphatic carbocycles. The molecule has 0 N–H and O–H groups in total. The molecule has 0 saturated carbocycles. The maximum absolute atomic E-state index is 3.12. The Morgan fingerprint density at radius 3 is 1.25 bits per heavy atom. The molecule has 0 heterocycles. The van der Waals surface area contributed by atoms with Crippen molar-refractivity contribution in [2.45, 2.75) is 0 Å². The van der Waals surface area contributed by atoms with Gasteiger partial charge in [-0.15, -0.1) is 5.73 Å². The van der Waals surface area contributed by atoms with Gasteiger partial charge in [0.2, 0.25) is 0 Å². The first-order valence-corrected chi connectivity index (χ1v) is 0.707. The second kappa shape index (κ2) is 10.6. The van der Waals surface area contributed by atoms with Gasteiger partial charge < -0.3 is 0 Å². The van der Waals surface area contributed by atoms with Crippen LogP contribution in [0.5, 0.6) is 0 Å². The molecule has 0 aromatic heterocycles. The van der Waals surface area contributed by atoms with Crippen molar-refractivity contribution in [3.8, 4) is 0 Å². The first-order chi connectivity index (χ1) is 1.41. The molecule has 0 rings (SSSR count). The molecule has 0 aromatic carbocycles. The van der Waals surface area contributed by atoms with E-state index in [1.807, 2.05) is 0 Å². The summed E-state index contributed by atoms with van der Waals surface area (Å²) in [7, 11) is 0. The van der Waals surface area contributed by atoms with E-state index in [2.05, 4.69) is 18.9 Å². The average Bonchev–Trinajstić information content (AvgIpc) is 0.918. The molecule has 0 bridgehead atoms. The van der Waals surface area contributed by atoms with Crippen LogP contribution in [0.4, 0.5) is 0 Å². The normalized spacial score (nSPS) is 2.00. The van der Waals surface area contributed by atoms with Crippen LogP contribution >= 0.6 is 0 Å². The van der Waals surface area contributed by atoms with Crippen LogP contribution < -0.4 is 0 Å². The maximum atomic E-state index is 3.12. The monoisotopic (exact) mass is 88.0 g/mol. The summed E-state index contributed by atoms with van der Waals surface area (Å²) in [6, 6.07) is 0. The van der Waals surface area contributed by atoms with Gasteiger partial charge in [-0.25, -0.2) is 0 Å². The third-order valence-corrected chi connectivity index (χ3v) is 0. The second-order valence-corrected chi connectivity index (χ2v) is 0.250. The zero-order chi connectivity index (χ0) is 2.71. The van der Waals surface area contributed by atoms with Gasteiger partial charge in [-0.3, -0.25) is 0 Å². The fourth-order valence-corrected chi connectivity index (χ4v) is 0. The van der Waals surface area contributed by atoms with Crippen molar-refractivity contribution < 1.29 is 21.7 Å². The summed E-state index contributed by atoms with van der Waals surface area (Å²) in [5.74, 6) is 0. The molecule has 0 unspecified atom stereocenters. The van der Waals surface area contributed by atoms with E-state index in [1.54, 1.807) is 0 Å². The van der Waals surface area contributed by atoms with Gasteiger partial charge in [-0.05, 0) is 0 Å². The van der Waals surface area contributed by atoms with Crippen molar-refractivity contribution in [2.24, 2.45) is 0 Å². The fraction of sp³-hybridized carbons (Fsp3) is 0. The van der Waals surface area contributed by atoms with Crippen LogP contribution in [0.25, 0.3) is 0 Å². The van der Waals surface area contributed by atoms with E-state index in [0.717, 1.165) is 0 Å². The van der Waals surface area contributed by atoms with Crippen LogP contribution in [0.3, 0.4) is 0 Å². The van der Waals surface area contributed by atoms with Crippen LogP contribution in [-0.2, 0) is 21.7 Å². The third-order valence-electron chi connectivity index (χ3n) is 0. The molecular formula is C3H4Ti. The summed E-state index contributed by atoms with van der Waals surface area (Å²) < 4.78 is 0. The van der Waals surface area contributed by atoms with Gasteiger partial charge in [-0.2, -0.15) is 0 Å². The average molecular weight is 87.9 g/mol. The Labute approximate surface area is 41.1 Å². The molecule has 0 spiro atoms. The van der Waals surface area contributed by atoms with Crippen molar-refractivity contribution in [3.05, 3.63) is 18.9 Å². The van der Waals surface area contributed by atoms with E-state index in [4.69, 9.17) is 0 Å². The predicted octanol–water partition coefficient (Wildman–Crippen LogP) is 0.955. The Kier molecular flexibility index (Phi) is 23.5. The Hall–Kier alpha value is 0.234. The predicted molar refractivity (Wildman–Crippen MR) is 14.8 cm³/mol. The van der Waals surface area contributed by atoms with Gasteiger partial charge in [0.1, 0.15) is 0 Å². The first kappa shape index (κ1) is 8.87. The topological polar surface area (TPSA) is 0 Å². The zero-order valence-corrected chi connectivity index (χ0v) is 3.98. The number of rotatable bonds is 0. The van der Waals surface area contributed by atoms with Crippen LogP contribution in [-0.4, -0.2) is 0 Å². The van der Waals surface area contributed by atoms with E-state index in [0.29, 0.717) is 0 Å². The standard InChI is InChI=1S/C3H4.Ti/c1-3-2;/h1-2H2;. The molecule has 1 heteroatoms. The summed E-state index contributed by atoms with van der Waals surface area (Å²) in [6.07, 6.45) is 0. The SMILES string of the molecule is C=C=C.[Ti]. The van der Waals surface area contributed by atoms with Crippen molar-refractivity contribution in [1.29, 1.82) is 0 Å². The van der Waals surface area contributed by atoms with Gasteiger partial charge in [0.15, 0.2) is 0 Å². The van der Waals surface area contributed by atoms with Crippen molar-refractivity contribution in [1.82, 2.24) is 0 Å². The minimum absolute atomic E-state index is 0. The molecule has 0 atom stereocenters. The van der Waals surface area contributed by atoms with Gasteiger partial charge in [0, 0.05) is 21.7 Å². The van der Waals surface area contributed by atoms with Gasteiger partial charge in [-0.1, -0.05) is 13.2 Å². The Balaban J connectivity index is 0. The molecule has 20 valence electrons. The van der Waals surface area contributed by atoms with E-state index in [1.165, 1.54) is 0 Å². The van der Waals surface area contributed by atoms with Crippen LogP contribution in [0.2, 0.25) is 0 Å². The van der Waals surface area contributed by atoms with Crippen LogP contribution in [0, 0.1) is 0 Å². The summed E-state index contributed by atoms with van der Waals surface area (Å²) in [4.78, 5) is 0. The quantitative estimate of drug-likeness (QED) is 0.305. The van der Waals surface area contributed by atoms with Crippen molar-refractivity contribution >= 4 is 0 Å².